The second kappa shape index (κ2) is 9.89. The van der Waals surface area contributed by atoms with E-state index in [1.54, 1.807) is 6.92 Å². The Balaban J connectivity index is 1.31. The van der Waals surface area contributed by atoms with Crippen LogP contribution in [-0.2, 0) is 23.9 Å². The quantitative estimate of drug-likeness (QED) is 0.475. The predicted molar refractivity (Wildman–Crippen MR) is 118 cm³/mol. The van der Waals surface area contributed by atoms with E-state index in [0.717, 1.165) is 30.7 Å². The number of nitrogens with zero attached hydrogens (tertiary/aromatic N) is 2. The van der Waals surface area contributed by atoms with Crippen molar-refractivity contribution in [1.82, 2.24) is 9.88 Å². The summed E-state index contributed by atoms with van der Waals surface area (Å²) in [5.74, 6) is 0.769. The van der Waals surface area contributed by atoms with Crippen molar-refractivity contribution < 1.29 is 32.2 Å². The number of carbonyl (C=O) groups is 1. The van der Waals surface area contributed by atoms with Gasteiger partial charge in [-0.1, -0.05) is 12.1 Å². The maximum atomic E-state index is 12.8. The molecule has 4 rings (SSSR count). The molecule has 1 saturated heterocycles. The van der Waals surface area contributed by atoms with Gasteiger partial charge in [0.15, 0.2) is 0 Å². The van der Waals surface area contributed by atoms with Crippen LogP contribution in [0, 0.1) is 6.92 Å². The van der Waals surface area contributed by atoms with Crippen LogP contribution < -0.4 is 4.74 Å². The molecule has 3 aromatic rings. The van der Waals surface area contributed by atoms with Crippen molar-refractivity contribution in [2.24, 2.45) is 0 Å². The zero-order chi connectivity index (χ0) is 24.3. The summed E-state index contributed by atoms with van der Waals surface area (Å²) < 4.78 is 49.7. The molecule has 0 saturated carbocycles. The van der Waals surface area contributed by atoms with Crippen LogP contribution in [0.1, 0.15) is 35.4 Å². The largest absolute Gasteiger partial charge is 0.493 e. The summed E-state index contributed by atoms with van der Waals surface area (Å²) in [6.07, 6.45) is -2.34. The third-order valence-electron chi connectivity index (χ3n) is 5.92. The van der Waals surface area contributed by atoms with Gasteiger partial charge in [-0.3, -0.25) is 9.69 Å². The fourth-order valence-electron chi connectivity index (χ4n) is 4.07. The zero-order valence-electron chi connectivity index (χ0n) is 18.6. The molecule has 0 aliphatic carbocycles. The van der Waals surface area contributed by atoms with Crippen LogP contribution in [0.3, 0.4) is 0 Å². The van der Waals surface area contributed by atoms with Crippen LogP contribution in [0.5, 0.6) is 5.75 Å². The van der Waals surface area contributed by atoms with Crippen LogP contribution in [0.2, 0.25) is 0 Å². The van der Waals surface area contributed by atoms with Crippen molar-refractivity contribution in [3.8, 4) is 17.2 Å². The van der Waals surface area contributed by atoms with E-state index in [2.05, 4.69) is 4.98 Å². The van der Waals surface area contributed by atoms with E-state index in [0.29, 0.717) is 48.8 Å². The van der Waals surface area contributed by atoms with Crippen LogP contribution in [0.15, 0.2) is 52.9 Å². The van der Waals surface area contributed by atoms with Gasteiger partial charge in [-0.2, -0.15) is 13.2 Å². The number of carboxylic acid groups (broad SMARTS) is 1. The van der Waals surface area contributed by atoms with E-state index in [-0.39, 0.29) is 5.89 Å². The first-order valence-electron chi connectivity index (χ1n) is 11.0. The Kier molecular flexibility index (Phi) is 6.92. The Labute approximate surface area is 195 Å². The highest BCUT2D eigenvalue weighted by Crippen LogP contribution is 2.31. The zero-order valence-corrected chi connectivity index (χ0v) is 18.6. The van der Waals surface area contributed by atoms with Gasteiger partial charge in [0, 0.05) is 18.5 Å². The molecule has 0 radical (unpaired) electrons. The van der Waals surface area contributed by atoms with E-state index in [1.807, 2.05) is 29.2 Å². The van der Waals surface area contributed by atoms with Gasteiger partial charge in [-0.15, -0.1) is 0 Å². The van der Waals surface area contributed by atoms with Crippen molar-refractivity contribution in [3.63, 3.8) is 0 Å². The molecule has 0 bridgehead atoms. The summed E-state index contributed by atoms with van der Waals surface area (Å²) in [7, 11) is 0. The van der Waals surface area contributed by atoms with Crippen molar-refractivity contribution in [3.05, 3.63) is 71.1 Å². The molecule has 1 fully saturated rings. The number of hydrogen-bond acceptors (Lipinski definition) is 5. The minimum absolute atomic E-state index is 0.271. The van der Waals surface area contributed by atoms with Crippen LogP contribution in [0.4, 0.5) is 13.2 Å². The number of benzene rings is 2. The van der Waals surface area contributed by atoms with E-state index in [4.69, 9.17) is 9.15 Å². The number of halogens is 3. The molecule has 1 atom stereocenters. The van der Waals surface area contributed by atoms with Gasteiger partial charge in [-0.25, -0.2) is 4.98 Å². The third-order valence-corrected chi connectivity index (χ3v) is 5.92. The molecule has 0 amide bonds. The average Bonchev–Trinajstić information content (AvgIpc) is 3.41. The highest BCUT2D eigenvalue weighted by Gasteiger charge is 2.31. The second-order valence-electron chi connectivity index (χ2n) is 8.31. The number of rotatable bonds is 8. The van der Waals surface area contributed by atoms with E-state index < -0.39 is 23.8 Å². The number of oxazole rings is 1. The first-order chi connectivity index (χ1) is 16.2. The van der Waals surface area contributed by atoms with Gasteiger partial charge >= 0.3 is 12.1 Å². The summed E-state index contributed by atoms with van der Waals surface area (Å²) >= 11 is 0. The van der Waals surface area contributed by atoms with E-state index >= 15 is 0 Å². The molecule has 34 heavy (non-hydrogen) atoms. The third kappa shape index (κ3) is 5.59. The molecule has 9 heteroatoms. The highest BCUT2D eigenvalue weighted by molar-refractivity contribution is 5.73. The number of carboxylic acids is 1. The van der Waals surface area contributed by atoms with Crippen molar-refractivity contribution in [2.45, 2.75) is 44.9 Å². The second-order valence-corrected chi connectivity index (χ2v) is 8.31. The van der Waals surface area contributed by atoms with Gasteiger partial charge in [0.05, 0.1) is 17.9 Å². The standard InChI is InChI=1S/C25H25F3N2O4/c1-16-21(29-23(34-16)18-6-8-19(9-7-18)25(26,27)28)12-14-33-20-10-4-17(5-11-20)15-30-13-2-3-22(30)24(31)32/h4-11,22H,2-3,12-15H2,1H3,(H,31,32). The van der Waals surface area contributed by atoms with E-state index in [9.17, 15) is 23.1 Å². The fourth-order valence-corrected chi connectivity index (χ4v) is 4.07. The predicted octanol–water partition coefficient (Wildman–Crippen LogP) is 5.34. The molecule has 1 aliphatic rings. The number of aryl methyl sites for hydroxylation is 1. The van der Waals surface area contributed by atoms with Crippen molar-refractivity contribution in [2.75, 3.05) is 13.2 Å². The summed E-state index contributed by atoms with van der Waals surface area (Å²) in [6, 6.07) is 11.8. The Morgan fingerprint density at radius 2 is 1.88 bits per heavy atom. The topological polar surface area (TPSA) is 75.8 Å². The Morgan fingerprint density at radius 1 is 1.18 bits per heavy atom. The normalized spacial score (nSPS) is 16.6. The van der Waals surface area contributed by atoms with Crippen molar-refractivity contribution >= 4 is 5.97 Å². The van der Waals surface area contributed by atoms with Crippen LogP contribution in [0.25, 0.3) is 11.5 Å². The number of hydrogen-bond donors (Lipinski definition) is 1. The first-order valence-corrected chi connectivity index (χ1v) is 11.0. The Hall–Kier alpha value is -3.33. The first kappa shape index (κ1) is 23.8. The lowest BCUT2D eigenvalue weighted by atomic mass is 10.1. The van der Waals surface area contributed by atoms with E-state index in [1.165, 1.54) is 12.1 Å². The number of alkyl halides is 3. The molecule has 2 heterocycles. The number of likely N-dealkylation sites (tertiary alicyclic amines) is 1. The van der Waals surface area contributed by atoms with Gasteiger partial charge in [0.25, 0.3) is 0 Å². The summed E-state index contributed by atoms with van der Waals surface area (Å²) in [4.78, 5) is 17.7. The van der Waals surface area contributed by atoms with Gasteiger partial charge in [0.1, 0.15) is 17.6 Å². The smallest absolute Gasteiger partial charge is 0.416 e. The molecule has 6 nitrogen and oxygen atoms in total. The molecule has 180 valence electrons. The minimum Gasteiger partial charge on any atom is -0.493 e. The molecule has 1 aromatic heterocycles. The van der Waals surface area contributed by atoms with Gasteiger partial charge < -0.3 is 14.3 Å². The minimum atomic E-state index is -4.39. The number of aromatic nitrogens is 1. The molecular formula is C25H25F3N2O4. The lowest BCUT2D eigenvalue weighted by Gasteiger charge is -2.21. The molecular weight excluding hydrogens is 449 g/mol. The Bertz CT molecular complexity index is 1120. The SMILES string of the molecule is Cc1oc(-c2ccc(C(F)(F)F)cc2)nc1CCOc1ccc(CN2CCCC2C(=O)O)cc1. The Morgan fingerprint density at radius 3 is 2.53 bits per heavy atom. The molecule has 0 spiro atoms. The summed E-state index contributed by atoms with van der Waals surface area (Å²) in [6.45, 7) is 3.47. The molecule has 1 aliphatic heterocycles. The summed E-state index contributed by atoms with van der Waals surface area (Å²) in [5, 5.41) is 9.31. The molecule has 1 N–H and O–H groups in total. The van der Waals surface area contributed by atoms with Gasteiger partial charge in [-0.05, 0) is 68.3 Å². The lowest BCUT2D eigenvalue weighted by molar-refractivity contribution is -0.142. The maximum Gasteiger partial charge on any atom is 0.416 e. The van der Waals surface area contributed by atoms with Gasteiger partial charge in [0.2, 0.25) is 5.89 Å². The fraction of sp³-hybridized carbons (Fsp3) is 0.360. The molecule has 2 aromatic carbocycles. The highest BCUT2D eigenvalue weighted by atomic mass is 19.4. The number of ether oxygens (including phenoxy) is 1. The van der Waals surface area contributed by atoms with Crippen LogP contribution >= 0.6 is 0 Å². The average molecular weight is 474 g/mol. The van der Waals surface area contributed by atoms with Crippen molar-refractivity contribution in [1.29, 1.82) is 0 Å². The molecule has 1 unspecified atom stereocenters. The lowest BCUT2D eigenvalue weighted by Crippen LogP contribution is -2.35. The maximum absolute atomic E-state index is 12.8. The summed E-state index contributed by atoms with van der Waals surface area (Å²) in [5.41, 5.74) is 1.46. The monoisotopic (exact) mass is 474 g/mol. The van der Waals surface area contributed by atoms with Crippen LogP contribution in [-0.4, -0.2) is 40.2 Å². The number of aliphatic carboxylic acids is 1.